The van der Waals surface area contributed by atoms with Crippen LogP contribution in [0.15, 0.2) is 0 Å². The molecule has 15 nitrogen and oxygen atoms in total. The summed E-state index contributed by atoms with van der Waals surface area (Å²) in [5.74, 6) is 0. The Hall–Kier alpha value is -0.250. The summed E-state index contributed by atoms with van der Waals surface area (Å²) >= 11 is 0.747. The first-order chi connectivity index (χ1) is 16.6. The van der Waals surface area contributed by atoms with E-state index in [1.807, 2.05) is 0 Å². The lowest BCUT2D eigenvalue weighted by molar-refractivity contribution is -0.338. The Morgan fingerprint density at radius 3 is 1.74 bits per heavy atom. The average Bonchev–Trinajstić information content (AvgIpc) is 2.86. The van der Waals surface area contributed by atoms with E-state index in [0.29, 0.717) is 0 Å². The van der Waals surface area contributed by atoms with E-state index in [9.17, 15) is 51.1 Å². The van der Waals surface area contributed by atoms with Gasteiger partial charge in [-0.15, -0.1) is 11.8 Å². The van der Waals surface area contributed by atoms with Gasteiger partial charge in [0.2, 0.25) is 0 Å². The largest absolute Gasteiger partial charge is 0.394 e. The fourth-order valence-corrected chi connectivity index (χ4v) is 5.72. The third-order valence-electron chi connectivity index (χ3n) is 6.30. The third kappa shape index (κ3) is 5.93. The van der Waals surface area contributed by atoms with E-state index in [0.717, 1.165) is 11.8 Å². The Bertz CT molecular complexity index is 656. The molecule has 0 aliphatic carbocycles. The average molecular weight is 535 g/mol. The van der Waals surface area contributed by atoms with E-state index in [2.05, 4.69) is 0 Å². The van der Waals surface area contributed by atoms with Gasteiger partial charge in [0.25, 0.3) is 0 Å². The van der Waals surface area contributed by atoms with Gasteiger partial charge in [0.1, 0.15) is 60.4 Å². The zero-order valence-corrected chi connectivity index (χ0v) is 19.5. The molecule has 3 aliphatic rings. The molecule has 0 amide bonds. The summed E-state index contributed by atoms with van der Waals surface area (Å²) in [5, 5.41) is 99.9. The fraction of sp³-hybridized carbons (Fsp3) is 1.00. The summed E-state index contributed by atoms with van der Waals surface area (Å²) in [6.07, 6.45) is -19.5. The van der Waals surface area contributed by atoms with Gasteiger partial charge in [-0.2, -0.15) is 0 Å². The quantitative estimate of drug-likeness (QED) is 0.139. The van der Waals surface area contributed by atoms with Gasteiger partial charge in [0, 0.05) is 7.11 Å². The molecule has 16 heteroatoms. The smallest absolute Gasteiger partial charge is 0.187 e. The van der Waals surface area contributed by atoms with E-state index in [4.69, 9.17) is 23.7 Å². The summed E-state index contributed by atoms with van der Waals surface area (Å²) in [6.45, 7) is -2.02. The van der Waals surface area contributed by atoms with Crippen molar-refractivity contribution in [2.24, 2.45) is 0 Å². The molecule has 10 N–H and O–H groups in total. The van der Waals surface area contributed by atoms with Crippen LogP contribution < -0.4 is 0 Å². The Kier molecular flexibility index (Phi) is 10.5. The van der Waals surface area contributed by atoms with E-state index < -0.39 is 110 Å². The molecule has 206 valence electrons. The highest BCUT2D eigenvalue weighted by atomic mass is 32.2. The Morgan fingerprint density at radius 2 is 1.17 bits per heavy atom. The van der Waals surface area contributed by atoms with E-state index in [1.54, 1.807) is 0 Å². The molecular formula is C19H34O15S. The van der Waals surface area contributed by atoms with Gasteiger partial charge in [-0.1, -0.05) is 0 Å². The molecule has 3 aliphatic heterocycles. The van der Waals surface area contributed by atoms with Gasteiger partial charge >= 0.3 is 0 Å². The van der Waals surface area contributed by atoms with Crippen LogP contribution in [0.25, 0.3) is 0 Å². The topological polar surface area (TPSA) is 248 Å². The minimum Gasteiger partial charge on any atom is -0.394 e. The number of rotatable bonds is 8. The van der Waals surface area contributed by atoms with Crippen LogP contribution in [-0.2, 0) is 23.7 Å². The molecular weight excluding hydrogens is 500 g/mol. The fourth-order valence-electron chi connectivity index (χ4n) is 4.24. The lowest BCUT2D eigenvalue weighted by atomic mass is 9.97. The molecule has 0 spiro atoms. The number of thioether (sulfide) groups is 1. The van der Waals surface area contributed by atoms with Crippen molar-refractivity contribution >= 4 is 11.8 Å². The highest BCUT2D eigenvalue weighted by Gasteiger charge is 2.53. The molecule has 0 radical (unpaired) electrons. The molecule has 3 rings (SSSR count). The van der Waals surface area contributed by atoms with E-state index in [1.165, 1.54) is 7.11 Å². The molecule has 0 unspecified atom stereocenters. The van der Waals surface area contributed by atoms with Crippen molar-refractivity contribution in [2.75, 3.05) is 26.9 Å². The highest BCUT2D eigenvalue weighted by Crippen LogP contribution is 2.39. The van der Waals surface area contributed by atoms with Gasteiger partial charge in [-0.3, -0.25) is 0 Å². The number of aliphatic hydroxyl groups is 10. The summed E-state index contributed by atoms with van der Waals surface area (Å²) in [6, 6.07) is 0. The summed E-state index contributed by atoms with van der Waals surface area (Å²) in [5.41, 5.74) is -1.29. The summed E-state index contributed by atoms with van der Waals surface area (Å²) in [7, 11) is 1.24. The minimum absolute atomic E-state index is 0.570. The summed E-state index contributed by atoms with van der Waals surface area (Å²) in [4.78, 5) is 0. The molecule has 0 aromatic heterocycles. The van der Waals surface area contributed by atoms with Crippen molar-refractivity contribution < 1.29 is 74.7 Å². The Labute approximate surface area is 204 Å². The number of aliphatic hydroxyl groups excluding tert-OH is 10. The lowest BCUT2D eigenvalue weighted by Gasteiger charge is -2.47. The normalized spacial score (nSPS) is 51.3. The number of ether oxygens (including phenoxy) is 5. The zero-order valence-electron chi connectivity index (χ0n) is 18.7. The number of hydrogen-bond donors (Lipinski definition) is 10. The van der Waals surface area contributed by atoms with Crippen molar-refractivity contribution in [1.29, 1.82) is 0 Å². The van der Waals surface area contributed by atoms with Gasteiger partial charge in [0.05, 0.1) is 37.3 Å². The predicted molar refractivity (Wildman–Crippen MR) is 113 cm³/mol. The van der Waals surface area contributed by atoms with Crippen LogP contribution in [-0.4, -0.2) is 168 Å². The molecule has 0 bridgehead atoms. The standard InChI is InChI=1S/C19H34O15S/c1-30-17-13(28)11(26)16(7(4-22)32-17)35-19-14(29)10(25)15(6(3-21)33-19)34-18-12(27)9(24)8(23)5(2-20)31-18/h5-29H,2-4H2,1H3/t5-,6-,7-,8-,9+,10-,11-,12-,13-,14-,15-,16-,17-,18+,19+/m1/s1. The third-order valence-corrected chi connectivity index (χ3v) is 7.86. The summed E-state index contributed by atoms with van der Waals surface area (Å²) < 4.78 is 26.8. The van der Waals surface area contributed by atoms with Crippen molar-refractivity contribution in [1.82, 2.24) is 0 Å². The van der Waals surface area contributed by atoms with E-state index in [-0.39, 0.29) is 0 Å². The predicted octanol–water partition coefficient (Wildman–Crippen LogP) is -6.20. The molecule has 3 saturated heterocycles. The molecule has 15 atom stereocenters. The van der Waals surface area contributed by atoms with Gasteiger partial charge in [-0.05, 0) is 0 Å². The molecule has 3 fully saturated rings. The maximum absolute atomic E-state index is 10.7. The van der Waals surface area contributed by atoms with Crippen molar-refractivity contribution in [3.8, 4) is 0 Å². The van der Waals surface area contributed by atoms with Crippen LogP contribution in [0.5, 0.6) is 0 Å². The van der Waals surface area contributed by atoms with Crippen LogP contribution in [0, 0.1) is 0 Å². The first-order valence-electron chi connectivity index (χ1n) is 11.0. The Balaban J connectivity index is 1.72. The number of hydrogen-bond acceptors (Lipinski definition) is 16. The van der Waals surface area contributed by atoms with E-state index >= 15 is 0 Å². The second-order valence-corrected chi connectivity index (χ2v) is 9.83. The number of methoxy groups -OCH3 is 1. The van der Waals surface area contributed by atoms with Gasteiger partial charge in [0.15, 0.2) is 12.6 Å². The maximum atomic E-state index is 10.7. The maximum Gasteiger partial charge on any atom is 0.187 e. The zero-order chi connectivity index (χ0) is 26.0. The van der Waals surface area contributed by atoms with Crippen molar-refractivity contribution in [3.05, 3.63) is 0 Å². The van der Waals surface area contributed by atoms with Crippen LogP contribution in [0.4, 0.5) is 0 Å². The first kappa shape index (κ1) is 29.3. The SMILES string of the molecule is CO[C@@H]1O[C@H](CO)[C@@H](S[C@@H]2O[C@H](CO)[C@@H](O[C@@H]3O[C@H](CO)[C@@H](O)[C@H](O)[C@H]3O)[C@H](O)[C@H]2O)[C@H](O)[C@H]1O. The monoisotopic (exact) mass is 534 g/mol. The Morgan fingerprint density at radius 1 is 0.600 bits per heavy atom. The van der Waals surface area contributed by atoms with Gasteiger partial charge in [-0.25, -0.2) is 0 Å². The van der Waals surface area contributed by atoms with Crippen LogP contribution in [0.1, 0.15) is 0 Å². The first-order valence-corrected chi connectivity index (χ1v) is 11.9. The van der Waals surface area contributed by atoms with Crippen molar-refractivity contribution in [2.45, 2.75) is 90.4 Å². The molecule has 0 saturated carbocycles. The van der Waals surface area contributed by atoms with Crippen molar-refractivity contribution in [3.63, 3.8) is 0 Å². The van der Waals surface area contributed by atoms with Crippen LogP contribution in [0.2, 0.25) is 0 Å². The lowest BCUT2D eigenvalue weighted by Crippen LogP contribution is -2.64. The van der Waals surface area contributed by atoms with Crippen LogP contribution in [0.3, 0.4) is 0 Å². The van der Waals surface area contributed by atoms with Crippen LogP contribution >= 0.6 is 11.8 Å². The minimum atomic E-state index is -1.79. The second kappa shape index (κ2) is 12.5. The molecule has 3 heterocycles. The van der Waals surface area contributed by atoms with Gasteiger partial charge < -0.3 is 74.7 Å². The molecule has 0 aromatic carbocycles. The molecule has 35 heavy (non-hydrogen) atoms. The highest BCUT2D eigenvalue weighted by molar-refractivity contribution is 8.00. The second-order valence-electron chi connectivity index (χ2n) is 8.55. The molecule has 0 aromatic rings.